The summed E-state index contributed by atoms with van der Waals surface area (Å²) in [6, 6.07) is 19.3. The molecule has 76 heavy (non-hydrogen) atoms. The first kappa shape index (κ1) is 54.6. The molecule has 8 rings (SSSR count). The lowest BCUT2D eigenvalue weighted by atomic mass is 9.85. The second kappa shape index (κ2) is 21.9. The van der Waals surface area contributed by atoms with E-state index in [0.717, 1.165) is 33.8 Å². The van der Waals surface area contributed by atoms with Gasteiger partial charge in [-0.05, 0) is 104 Å². The van der Waals surface area contributed by atoms with Crippen LogP contribution in [0.3, 0.4) is 0 Å². The monoisotopic (exact) mass is 1080 g/mol. The van der Waals surface area contributed by atoms with Crippen molar-refractivity contribution in [2.24, 2.45) is 5.41 Å². The number of carbonyl (C=O) groups is 4. The highest BCUT2D eigenvalue weighted by Gasteiger charge is 2.52. The van der Waals surface area contributed by atoms with E-state index in [1.165, 1.54) is 35.9 Å². The number of alkyl halides is 3. The van der Waals surface area contributed by atoms with Crippen LogP contribution in [0.15, 0.2) is 90.7 Å². The Balaban J connectivity index is 0.806. The SMILES string of the molecule is Cc1ncsc1-c1ccc(CNC(=O)[C@@H]2C[C@@H](O)CN2C(=O)[C@@H](NC(=O)CCCn2cc(COc3ccc(-c4ccc(N5C(=S)N(c6ccc(C#N)c(C(F)(F)F)c6F)C(=O)C5(C)C)cn4)cc3)nn2)C(C)(C)C)cc1. The molecule has 2 fully saturated rings. The largest absolute Gasteiger partial charge is 0.487 e. The van der Waals surface area contributed by atoms with E-state index in [0.29, 0.717) is 46.3 Å². The Morgan fingerprint density at radius 2 is 1.72 bits per heavy atom. The number of thiazole rings is 1. The van der Waals surface area contributed by atoms with E-state index in [2.05, 4.69) is 30.9 Å². The maximum absolute atomic E-state index is 15.5. The Morgan fingerprint density at radius 3 is 2.36 bits per heavy atom. The number of halogens is 4. The lowest BCUT2D eigenvalue weighted by Crippen LogP contribution is -2.57. The minimum atomic E-state index is -5.20. The van der Waals surface area contributed by atoms with Crippen LogP contribution in [0.1, 0.15) is 82.0 Å². The number of β-amino-alcohol motifs (C(OH)–C–C–N with tert-alkyl or cyclic N) is 1. The lowest BCUT2D eigenvalue weighted by Gasteiger charge is -2.35. The fraction of sp³-hybridized carbons (Fsp3) is 0.358. The molecule has 2 aliphatic rings. The molecule has 0 bridgehead atoms. The third-order valence-electron chi connectivity index (χ3n) is 13.1. The van der Waals surface area contributed by atoms with Crippen LogP contribution in [0.2, 0.25) is 0 Å². The first-order valence-electron chi connectivity index (χ1n) is 24.1. The van der Waals surface area contributed by atoms with E-state index >= 15 is 4.39 Å². The minimum absolute atomic E-state index is 0.0410. The van der Waals surface area contributed by atoms with Crippen molar-refractivity contribution in [1.82, 2.24) is 40.5 Å². The molecule has 3 atom stereocenters. The molecule has 3 aromatic carbocycles. The van der Waals surface area contributed by atoms with Gasteiger partial charge in [-0.25, -0.2) is 9.37 Å². The number of thiocarbonyl (C=S) groups is 1. The quantitative estimate of drug-likeness (QED) is 0.0623. The zero-order chi connectivity index (χ0) is 54.9. The van der Waals surface area contributed by atoms with Crippen LogP contribution in [0.25, 0.3) is 21.7 Å². The molecule has 0 unspecified atom stereocenters. The van der Waals surface area contributed by atoms with Crippen LogP contribution < -0.4 is 25.2 Å². The molecule has 6 aromatic rings. The highest BCUT2D eigenvalue weighted by Crippen LogP contribution is 2.42. The lowest BCUT2D eigenvalue weighted by molar-refractivity contribution is -0.144. The van der Waals surface area contributed by atoms with Crippen molar-refractivity contribution < 1.29 is 46.6 Å². The van der Waals surface area contributed by atoms with Crippen molar-refractivity contribution in [3.05, 3.63) is 125 Å². The summed E-state index contributed by atoms with van der Waals surface area (Å²) >= 11 is 7.10. The molecule has 23 heteroatoms. The number of rotatable bonds is 16. The number of ether oxygens (including phenoxy) is 1. The normalized spacial score (nSPS) is 16.9. The number of nitriles is 1. The number of nitrogens with zero attached hydrogens (tertiary/aromatic N) is 9. The van der Waals surface area contributed by atoms with Crippen molar-refractivity contribution in [2.75, 3.05) is 16.3 Å². The fourth-order valence-electron chi connectivity index (χ4n) is 9.05. The molecule has 3 aromatic heterocycles. The van der Waals surface area contributed by atoms with Gasteiger partial charge in [-0.3, -0.25) is 33.7 Å². The van der Waals surface area contributed by atoms with Crippen molar-refractivity contribution in [3.63, 3.8) is 0 Å². The number of aromatic nitrogens is 5. The number of hydrogen-bond donors (Lipinski definition) is 3. The Hall–Kier alpha value is -7.68. The summed E-state index contributed by atoms with van der Waals surface area (Å²) in [5.41, 5.74) is 1.10. The van der Waals surface area contributed by atoms with Crippen LogP contribution in [-0.2, 0) is 45.1 Å². The number of aliphatic hydroxyl groups excluding tert-OH is 1. The summed E-state index contributed by atoms with van der Waals surface area (Å²) in [5, 5.41) is 33.7. The van der Waals surface area contributed by atoms with Gasteiger partial charge >= 0.3 is 6.18 Å². The number of hydrogen-bond acceptors (Lipinski definition) is 13. The standard InChI is InChI=1S/C53H53F4N11O6S2/c1-30-45(76-29-61-30)33-11-9-31(10-12-33)24-60-47(71)41-22-37(69)27-66(41)48(72)46(51(2,3)4)62-42(70)8-7-21-65-26-35(63-64-65)28-74-38-17-13-32(14-18-38)39-19-16-36(25-59-39)68-50(75)67(49(73)52(68,5)6)40-20-15-34(23-58)43(44(40)54)53(55,56)57/h9-20,25-26,29,37,41,46,69H,7-8,21-22,24,27-28H2,1-6H3,(H,60,71)(H,62,70)/t37-,41+,46-/m1/s1. The predicted molar refractivity (Wildman–Crippen MR) is 278 cm³/mol. The Bertz CT molecular complexity index is 3210. The third-order valence-corrected chi connectivity index (χ3v) is 14.4. The third kappa shape index (κ3) is 11.6. The van der Waals surface area contributed by atoms with Gasteiger partial charge in [0.05, 0.1) is 63.3 Å². The highest BCUT2D eigenvalue weighted by molar-refractivity contribution is 7.81. The van der Waals surface area contributed by atoms with Crippen molar-refractivity contribution in [1.29, 1.82) is 5.26 Å². The van der Waals surface area contributed by atoms with Crippen LogP contribution in [-0.4, -0.2) is 94.0 Å². The summed E-state index contributed by atoms with van der Waals surface area (Å²) < 4.78 is 64.4. The number of nitrogens with one attached hydrogen (secondary N) is 2. The Labute approximate surface area is 444 Å². The Morgan fingerprint density at radius 1 is 1.01 bits per heavy atom. The zero-order valence-corrected chi connectivity index (χ0v) is 43.8. The molecule has 17 nitrogen and oxygen atoms in total. The number of likely N-dealkylation sites (tertiary alicyclic amines) is 1. The van der Waals surface area contributed by atoms with Gasteiger partial charge in [0, 0.05) is 38.0 Å². The molecule has 0 saturated carbocycles. The Kier molecular flexibility index (Phi) is 15.7. The molecule has 5 heterocycles. The van der Waals surface area contributed by atoms with E-state index < -0.39 is 75.7 Å². The van der Waals surface area contributed by atoms with Gasteiger partial charge in [0.2, 0.25) is 17.7 Å². The first-order valence-corrected chi connectivity index (χ1v) is 25.4. The molecule has 4 amide bonds. The number of pyridine rings is 1. The van der Waals surface area contributed by atoms with Gasteiger partial charge in [0.15, 0.2) is 10.9 Å². The second-order valence-electron chi connectivity index (χ2n) is 20.0. The molecular formula is C53H53F4N11O6S2. The van der Waals surface area contributed by atoms with Gasteiger partial charge in [-0.2, -0.15) is 18.4 Å². The number of aryl methyl sites for hydroxylation is 2. The van der Waals surface area contributed by atoms with Gasteiger partial charge in [-0.15, -0.1) is 16.4 Å². The van der Waals surface area contributed by atoms with Crippen molar-refractivity contribution >= 4 is 63.7 Å². The van der Waals surface area contributed by atoms with E-state index in [1.807, 2.05) is 52.0 Å². The van der Waals surface area contributed by atoms with Gasteiger partial charge in [0.25, 0.3) is 5.91 Å². The van der Waals surface area contributed by atoms with E-state index in [-0.39, 0.29) is 43.6 Å². The molecule has 0 spiro atoms. The number of carbonyl (C=O) groups excluding carboxylic acids is 4. The number of anilines is 2. The summed E-state index contributed by atoms with van der Waals surface area (Å²) in [4.78, 5) is 67.9. The van der Waals surface area contributed by atoms with Crippen LogP contribution in [0.4, 0.5) is 28.9 Å². The van der Waals surface area contributed by atoms with Crippen LogP contribution in [0, 0.1) is 29.5 Å². The molecule has 2 saturated heterocycles. The molecule has 0 radical (unpaired) electrons. The van der Waals surface area contributed by atoms with Gasteiger partial charge in [-0.1, -0.05) is 50.3 Å². The van der Waals surface area contributed by atoms with E-state index in [1.54, 1.807) is 64.1 Å². The molecule has 3 N–H and O–H groups in total. The number of aliphatic hydroxyl groups is 1. The maximum Gasteiger partial charge on any atom is 0.420 e. The number of amides is 4. The van der Waals surface area contributed by atoms with Crippen LogP contribution >= 0.6 is 23.6 Å². The summed E-state index contributed by atoms with van der Waals surface area (Å²) in [5.74, 6) is -3.27. The van der Waals surface area contributed by atoms with Crippen molar-refractivity contribution in [2.45, 2.75) is 110 Å². The smallest absolute Gasteiger partial charge is 0.420 e. The summed E-state index contributed by atoms with van der Waals surface area (Å²) in [6.45, 7) is 11.0. The van der Waals surface area contributed by atoms with Crippen LogP contribution in [0.5, 0.6) is 5.75 Å². The summed E-state index contributed by atoms with van der Waals surface area (Å²) in [6.07, 6.45) is -2.45. The number of benzene rings is 3. The van der Waals surface area contributed by atoms with E-state index in [9.17, 15) is 42.7 Å². The molecular weight excluding hydrogens is 1030 g/mol. The molecule has 396 valence electrons. The fourth-order valence-corrected chi connectivity index (χ4v) is 10.4. The zero-order valence-electron chi connectivity index (χ0n) is 42.2. The average molecular weight is 1080 g/mol. The second-order valence-corrected chi connectivity index (χ2v) is 21.2. The average Bonchev–Trinajstić information content (AvgIpc) is 4.20. The topological polar surface area (TPSA) is 212 Å². The van der Waals surface area contributed by atoms with Crippen molar-refractivity contribution in [3.8, 4) is 33.5 Å². The first-order chi connectivity index (χ1) is 36.0. The minimum Gasteiger partial charge on any atom is -0.487 e. The molecule has 0 aliphatic carbocycles. The van der Waals surface area contributed by atoms with E-state index in [4.69, 9.17) is 17.0 Å². The van der Waals surface area contributed by atoms with Gasteiger partial charge < -0.3 is 30.3 Å². The van der Waals surface area contributed by atoms with Gasteiger partial charge in [0.1, 0.15) is 41.2 Å². The predicted octanol–water partition coefficient (Wildman–Crippen LogP) is 7.89. The molecule has 2 aliphatic heterocycles. The highest BCUT2D eigenvalue weighted by atomic mass is 32.1. The summed E-state index contributed by atoms with van der Waals surface area (Å²) in [7, 11) is 0. The maximum atomic E-state index is 15.5.